The van der Waals surface area contributed by atoms with Crippen molar-refractivity contribution in [3.05, 3.63) is 54.6 Å². The summed E-state index contributed by atoms with van der Waals surface area (Å²) in [6.07, 6.45) is 15.7. The van der Waals surface area contributed by atoms with Crippen molar-refractivity contribution >= 4 is 23.5 Å². The first kappa shape index (κ1) is 28.7. The van der Waals surface area contributed by atoms with Crippen molar-refractivity contribution in [1.29, 1.82) is 5.26 Å². The Morgan fingerprint density at radius 3 is 2.24 bits per heavy atom. The van der Waals surface area contributed by atoms with Crippen LogP contribution in [-0.2, 0) is 9.59 Å². The predicted molar refractivity (Wildman–Crippen MR) is 144 cm³/mol. The molecule has 0 atom stereocenters. The number of carbonyl (C=O) groups excluding carboxylic acids is 2. The smallest absolute Gasteiger partial charge is 0.242 e. The molecule has 37 heavy (non-hydrogen) atoms. The van der Waals surface area contributed by atoms with Crippen LogP contribution in [0, 0.1) is 24.3 Å². The second-order valence-electron chi connectivity index (χ2n) is 8.36. The molecule has 2 amide bonds. The number of nitrogens with two attached hydrogens (primary N) is 1. The van der Waals surface area contributed by atoms with Crippen LogP contribution in [0.3, 0.4) is 0 Å². The quantitative estimate of drug-likeness (QED) is 0.211. The molecule has 2 heterocycles. The van der Waals surface area contributed by atoms with E-state index in [4.69, 9.17) is 15.7 Å². The monoisotopic (exact) mass is 502 g/mol. The standard InChI is InChI=1S/C14H12N4O.C12H20N2O2.C2H2/c15-10-17-14(16)18-11-6-8-13(9-7-11)19-12-4-2-1-3-5-12;15-11-6-2-1-3-9-14(11)10-12(16)13-7-4-5-8-13;1-2/h1-9H,(H3,16,17,18);1-10H2;1-2H. The van der Waals surface area contributed by atoms with Crippen LogP contribution < -0.4 is 15.8 Å². The lowest BCUT2D eigenvalue weighted by Crippen LogP contribution is -2.41. The first-order valence-electron chi connectivity index (χ1n) is 12.3. The Morgan fingerprint density at radius 1 is 0.973 bits per heavy atom. The summed E-state index contributed by atoms with van der Waals surface area (Å²) >= 11 is 0. The van der Waals surface area contributed by atoms with Gasteiger partial charge in [-0.1, -0.05) is 24.6 Å². The van der Waals surface area contributed by atoms with Gasteiger partial charge in [-0.15, -0.1) is 12.8 Å². The molecule has 2 saturated heterocycles. The molecule has 2 fully saturated rings. The first-order chi connectivity index (χ1) is 18.0. The Balaban J connectivity index is 0.000000247. The van der Waals surface area contributed by atoms with Gasteiger partial charge in [-0.25, -0.2) is 4.99 Å². The predicted octanol–water partition coefficient (Wildman–Crippen LogP) is 3.76. The molecule has 3 N–H and O–H groups in total. The molecule has 0 spiro atoms. The summed E-state index contributed by atoms with van der Waals surface area (Å²) in [6.45, 7) is 2.82. The van der Waals surface area contributed by atoms with Crippen LogP contribution in [0.1, 0.15) is 38.5 Å². The second kappa shape index (κ2) is 16.2. The molecule has 0 bridgehead atoms. The molecule has 9 heteroatoms. The number of ether oxygens (including phenoxy) is 1. The zero-order valence-electron chi connectivity index (χ0n) is 21.0. The van der Waals surface area contributed by atoms with E-state index in [9.17, 15) is 9.59 Å². The number of aliphatic imine (C=N–C) groups is 1. The molecule has 2 aromatic rings. The number of likely N-dealkylation sites (tertiary alicyclic amines) is 2. The maximum atomic E-state index is 11.9. The summed E-state index contributed by atoms with van der Waals surface area (Å²) in [4.78, 5) is 31.3. The topological polar surface area (TPSA) is 124 Å². The fourth-order valence-electron chi connectivity index (χ4n) is 3.87. The van der Waals surface area contributed by atoms with Gasteiger partial charge in [0.1, 0.15) is 11.5 Å². The maximum absolute atomic E-state index is 11.9. The lowest BCUT2D eigenvalue weighted by atomic mass is 10.2. The zero-order valence-corrected chi connectivity index (χ0v) is 21.0. The van der Waals surface area contributed by atoms with Crippen LogP contribution in [0.2, 0.25) is 0 Å². The van der Waals surface area contributed by atoms with Gasteiger partial charge >= 0.3 is 0 Å². The van der Waals surface area contributed by atoms with Crippen LogP contribution in [0.4, 0.5) is 5.69 Å². The van der Waals surface area contributed by atoms with Gasteiger partial charge < -0.3 is 20.3 Å². The van der Waals surface area contributed by atoms with E-state index in [1.54, 1.807) is 35.4 Å². The van der Waals surface area contributed by atoms with Crippen molar-refractivity contribution in [2.75, 3.05) is 26.2 Å². The van der Waals surface area contributed by atoms with E-state index in [0.29, 0.717) is 24.4 Å². The van der Waals surface area contributed by atoms with Crippen molar-refractivity contribution in [2.45, 2.75) is 38.5 Å². The molecular weight excluding hydrogens is 468 g/mol. The van der Waals surface area contributed by atoms with Crippen LogP contribution in [0.15, 0.2) is 59.6 Å². The van der Waals surface area contributed by atoms with E-state index >= 15 is 0 Å². The Morgan fingerprint density at radius 2 is 1.59 bits per heavy atom. The third-order valence-corrected chi connectivity index (χ3v) is 5.71. The normalized spacial score (nSPS) is 15.2. The minimum Gasteiger partial charge on any atom is -0.457 e. The number of nitrogens with one attached hydrogen (secondary N) is 1. The highest BCUT2D eigenvalue weighted by Gasteiger charge is 2.23. The summed E-state index contributed by atoms with van der Waals surface area (Å²) in [5.74, 6) is 1.82. The highest BCUT2D eigenvalue weighted by molar-refractivity contribution is 5.85. The number of nitrogens with zero attached hydrogens (tertiary/aromatic N) is 4. The molecule has 0 radical (unpaired) electrons. The van der Waals surface area contributed by atoms with Gasteiger partial charge in [0.2, 0.25) is 17.8 Å². The number of terminal acetylenes is 1. The number of guanidine groups is 1. The summed E-state index contributed by atoms with van der Waals surface area (Å²) in [5.41, 5.74) is 6.10. The van der Waals surface area contributed by atoms with Crippen molar-refractivity contribution in [2.24, 2.45) is 10.7 Å². The molecule has 0 saturated carbocycles. The SMILES string of the molecule is C#C.N#CNC(N)=Nc1ccc(Oc2ccccc2)cc1.O=C(CN1CCCCCC1=O)N1CCCC1. The van der Waals surface area contributed by atoms with Gasteiger partial charge in [0, 0.05) is 26.1 Å². The fourth-order valence-corrected chi connectivity index (χ4v) is 3.87. The van der Waals surface area contributed by atoms with Crippen molar-refractivity contribution in [3.8, 4) is 30.5 Å². The molecule has 194 valence electrons. The number of hydrogen-bond donors (Lipinski definition) is 2. The Labute approximate surface area is 218 Å². The zero-order chi connectivity index (χ0) is 26.9. The number of rotatable bonds is 5. The lowest BCUT2D eigenvalue weighted by Gasteiger charge is -2.23. The maximum Gasteiger partial charge on any atom is 0.242 e. The summed E-state index contributed by atoms with van der Waals surface area (Å²) in [7, 11) is 0. The number of carbonyl (C=O) groups is 2. The first-order valence-corrected chi connectivity index (χ1v) is 12.3. The molecule has 0 unspecified atom stereocenters. The van der Waals surface area contributed by atoms with E-state index in [2.05, 4.69) is 23.2 Å². The average molecular weight is 503 g/mol. The van der Waals surface area contributed by atoms with Gasteiger partial charge in [0.25, 0.3) is 0 Å². The largest absolute Gasteiger partial charge is 0.457 e. The van der Waals surface area contributed by atoms with Gasteiger partial charge in [0.05, 0.1) is 12.2 Å². The van der Waals surface area contributed by atoms with E-state index in [0.717, 1.165) is 57.5 Å². The molecular formula is C28H34N6O3. The minimum absolute atomic E-state index is 0.0548. The molecule has 0 aromatic heterocycles. The summed E-state index contributed by atoms with van der Waals surface area (Å²) in [5, 5.41) is 10.6. The van der Waals surface area contributed by atoms with Gasteiger partial charge in [-0.05, 0) is 62.1 Å². The van der Waals surface area contributed by atoms with E-state index in [1.807, 2.05) is 35.2 Å². The van der Waals surface area contributed by atoms with Crippen LogP contribution in [0.25, 0.3) is 0 Å². The van der Waals surface area contributed by atoms with Gasteiger partial charge in [-0.2, -0.15) is 5.26 Å². The van der Waals surface area contributed by atoms with Crippen LogP contribution in [0.5, 0.6) is 11.5 Å². The Kier molecular flexibility index (Phi) is 12.6. The number of nitriles is 1. The molecule has 2 aliphatic heterocycles. The van der Waals surface area contributed by atoms with Crippen LogP contribution in [-0.4, -0.2) is 53.8 Å². The number of para-hydroxylation sites is 1. The molecule has 2 aliphatic rings. The van der Waals surface area contributed by atoms with E-state index < -0.39 is 0 Å². The summed E-state index contributed by atoms with van der Waals surface area (Å²) < 4.78 is 5.64. The Bertz CT molecular complexity index is 1070. The number of amides is 2. The molecule has 2 aromatic carbocycles. The number of benzene rings is 2. The third-order valence-electron chi connectivity index (χ3n) is 5.71. The number of hydrogen-bond acceptors (Lipinski definition) is 5. The fraction of sp³-hybridized carbons (Fsp3) is 0.357. The second-order valence-corrected chi connectivity index (χ2v) is 8.36. The Hall–Kier alpha value is -4.50. The van der Waals surface area contributed by atoms with Crippen molar-refractivity contribution in [3.63, 3.8) is 0 Å². The van der Waals surface area contributed by atoms with Crippen molar-refractivity contribution in [1.82, 2.24) is 15.1 Å². The van der Waals surface area contributed by atoms with Gasteiger partial charge in [-0.3, -0.25) is 14.9 Å². The lowest BCUT2D eigenvalue weighted by molar-refractivity contribution is -0.139. The van der Waals surface area contributed by atoms with Gasteiger partial charge in [0.15, 0.2) is 6.19 Å². The average Bonchev–Trinajstić information content (AvgIpc) is 3.39. The van der Waals surface area contributed by atoms with E-state index in [1.165, 1.54) is 0 Å². The highest BCUT2D eigenvalue weighted by Crippen LogP contribution is 2.23. The molecule has 4 rings (SSSR count). The van der Waals surface area contributed by atoms with E-state index in [-0.39, 0.29) is 17.8 Å². The summed E-state index contributed by atoms with van der Waals surface area (Å²) in [6, 6.07) is 16.6. The molecule has 0 aliphatic carbocycles. The van der Waals surface area contributed by atoms with Crippen molar-refractivity contribution < 1.29 is 14.3 Å². The molecule has 9 nitrogen and oxygen atoms in total. The van der Waals surface area contributed by atoms with Crippen LogP contribution >= 0.6 is 0 Å². The third kappa shape index (κ3) is 10.3. The minimum atomic E-state index is 0.0548. The highest BCUT2D eigenvalue weighted by atomic mass is 16.5.